The highest BCUT2D eigenvalue weighted by molar-refractivity contribution is 9.10. The molecule has 0 aliphatic carbocycles. The molecule has 3 aromatic carbocycles. The summed E-state index contributed by atoms with van der Waals surface area (Å²) in [5.74, 6) is 0.758. The van der Waals surface area contributed by atoms with Crippen molar-refractivity contribution in [2.75, 3.05) is 5.32 Å². The molecule has 0 aliphatic heterocycles. The van der Waals surface area contributed by atoms with E-state index in [-0.39, 0.29) is 5.91 Å². The van der Waals surface area contributed by atoms with Crippen molar-refractivity contribution < 1.29 is 9.32 Å². The summed E-state index contributed by atoms with van der Waals surface area (Å²) in [6.45, 7) is 0. The van der Waals surface area contributed by atoms with Crippen LogP contribution in [0.3, 0.4) is 0 Å². The van der Waals surface area contributed by atoms with Crippen molar-refractivity contribution in [2.24, 2.45) is 0 Å². The minimum absolute atomic E-state index is 0.175. The molecule has 1 heterocycles. The van der Waals surface area contributed by atoms with Gasteiger partial charge in [-0.25, -0.2) is 0 Å². The van der Waals surface area contributed by atoms with Crippen LogP contribution in [-0.4, -0.2) is 16.0 Å². The molecule has 5 nitrogen and oxygen atoms in total. The number of carbonyl (C=O) groups is 1. The van der Waals surface area contributed by atoms with Gasteiger partial charge in [0.15, 0.2) is 0 Å². The molecule has 138 valence electrons. The first kappa shape index (κ1) is 18.6. The molecule has 0 atom stereocenters. The van der Waals surface area contributed by atoms with Crippen LogP contribution in [0.1, 0.15) is 10.4 Å². The average molecular weight is 499 g/mol. The van der Waals surface area contributed by atoms with E-state index in [0.717, 1.165) is 20.1 Å². The Bertz CT molecular complexity index is 1140. The molecule has 4 rings (SSSR count). The summed E-state index contributed by atoms with van der Waals surface area (Å²) < 4.78 is 7.16. The maximum absolute atomic E-state index is 12.3. The van der Waals surface area contributed by atoms with Crippen LogP contribution in [0.2, 0.25) is 0 Å². The summed E-state index contributed by atoms with van der Waals surface area (Å²) in [5, 5.41) is 6.92. The van der Waals surface area contributed by atoms with Crippen molar-refractivity contribution in [3.8, 4) is 22.8 Å². The number of aromatic nitrogens is 2. The number of benzene rings is 3. The van der Waals surface area contributed by atoms with Crippen molar-refractivity contribution in [2.45, 2.75) is 0 Å². The molecule has 1 aromatic heterocycles. The zero-order valence-corrected chi connectivity index (χ0v) is 17.6. The number of rotatable bonds is 4. The number of nitrogens with one attached hydrogen (secondary N) is 1. The van der Waals surface area contributed by atoms with E-state index in [1.54, 1.807) is 24.3 Å². The van der Waals surface area contributed by atoms with Gasteiger partial charge in [-0.05, 0) is 60.7 Å². The number of anilines is 1. The van der Waals surface area contributed by atoms with Crippen molar-refractivity contribution >= 4 is 43.5 Å². The summed E-state index contributed by atoms with van der Waals surface area (Å²) in [6, 6.07) is 22.2. The number of nitrogens with zero attached hydrogens (tertiary/aromatic N) is 2. The molecule has 1 N–H and O–H groups in total. The minimum Gasteiger partial charge on any atom is -0.334 e. The van der Waals surface area contributed by atoms with Crippen LogP contribution in [0.15, 0.2) is 86.3 Å². The smallest absolute Gasteiger partial charge is 0.258 e. The van der Waals surface area contributed by atoms with Crippen LogP contribution in [0.5, 0.6) is 0 Å². The van der Waals surface area contributed by atoms with E-state index in [9.17, 15) is 4.79 Å². The Labute approximate surface area is 178 Å². The molecule has 0 radical (unpaired) electrons. The first-order valence-electron chi connectivity index (χ1n) is 8.35. The van der Waals surface area contributed by atoms with E-state index in [2.05, 4.69) is 47.3 Å². The topological polar surface area (TPSA) is 68.0 Å². The average Bonchev–Trinajstić information content (AvgIpc) is 3.19. The Kier molecular flexibility index (Phi) is 5.36. The predicted octanol–water partition coefficient (Wildman–Crippen LogP) is 6.18. The Balaban J connectivity index is 1.50. The third kappa shape index (κ3) is 4.21. The predicted molar refractivity (Wildman–Crippen MR) is 115 cm³/mol. The molecule has 28 heavy (non-hydrogen) atoms. The number of hydrogen-bond donors (Lipinski definition) is 1. The SMILES string of the molecule is O=C(Nc1ccc(-c2noc(-c3cccc(Br)c3)n2)cc1)c1cccc(Br)c1. The van der Waals surface area contributed by atoms with Crippen LogP contribution in [0.4, 0.5) is 5.69 Å². The van der Waals surface area contributed by atoms with Crippen molar-refractivity contribution in [1.29, 1.82) is 0 Å². The van der Waals surface area contributed by atoms with Gasteiger partial charge >= 0.3 is 0 Å². The van der Waals surface area contributed by atoms with E-state index >= 15 is 0 Å². The van der Waals surface area contributed by atoms with Crippen LogP contribution in [0, 0.1) is 0 Å². The monoisotopic (exact) mass is 497 g/mol. The lowest BCUT2D eigenvalue weighted by Gasteiger charge is -2.06. The lowest BCUT2D eigenvalue weighted by atomic mass is 10.1. The largest absolute Gasteiger partial charge is 0.334 e. The van der Waals surface area contributed by atoms with E-state index in [0.29, 0.717) is 23.0 Å². The Hall–Kier alpha value is -2.77. The van der Waals surface area contributed by atoms with Gasteiger partial charge in [-0.1, -0.05) is 49.1 Å². The number of carbonyl (C=O) groups excluding carboxylic acids is 1. The highest BCUT2D eigenvalue weighted by Gasteiger charge is 2.12. The van der Waals surface area contributed by atoms with Gasteiger partial charge in [0.25, 0.3) is 11.8 Å². The molecule has 0 saturated heterocycles. The van der Waals surface area contributed by atoms with Crippen molar-refractivity contribution in [1.82, 2.24) is 10.1 Å². The fourth-order valence-corrected chi connectivity index (χ4v) is 3.41. The Morgan fingerprint density at radius 2 is 1.57 bits per heavy atom. The van der Waals surface area contributed by atoms with E-state index in [1.807, 2.05) is 48.5 Å². The minimum atomic E-state index is -0.175. The second kappa shape index (κ2) is 8.08. The normalized spacial score (nSPS) is 10.6. The van der Waals surface area contributed by atoms with Crippen LogP contribution in [-0.2, 0) is 0 Å². The third-order valence-electron chi connectivity index (χ3n) is 3.99. The van der Waals surface area contributed by atoms with Gasteiger partial charge < -0.3 is 9.84 Å². The van der Waals surface area contributed by atoms with E-state index in [1.165, 1.54) is 0 Å². The molecular weight excluding hydrogens is 486 g/mol. The summed E-state index contributed by atoms with van der Waals surface area (Å²) in [5.41, 5.74) is 2.90. The highest BCUT2D eigenvalue weighted by Crippen LogP contribution is 2.25. The van der Waals surface area contributed by atoms with Gasteiger partial charge in [-0.15, -0.1) is 0 Å². The van der Waals surface area contributed by atoms with Crippen LogP contribution in [0.25, 0.3) is 22.8 Å². The molecule has 0 spiro atoms. The molecule has 0 bridgehead atoms. The van der Waals surface area contributed by atoms with Crippen LogP contribution < -0.4 is 5.32 Å². The molecule has 1 amide bonds. The number of hydrogen-bond acceptors (Lipinski definition) is 4. The Morgan fingerprint density at radius 1 is 0.857 bits per heavy atom. The zero-order valence-electron chi connectivity index (χ0n) is 14.4. The summed E-state index contributed by atoms with van der Waals surface area (Å²) in [4.78, 5) is 16.8. The molecular formula is C21H13Br2N3O2. The van der Waals surface area contributed by atoms with E-state index < -0.39 is 0 Å². The molecule has 7 heteroatoms. The van der Waals surface area contributed by atoms with Gasteiger partial charge in [0.05, 0.1) is 0 Å². The van der Waals surface area contributed by atoms with Crippen LogP contribution >= 0.6 is 31.9 Å². The summed E-state index contributed by atoms with van der Waals surface area (Å²) in [7, 11) is 0. The van der Waals surface area contributed by atoms with E-state index in [4.69, 9.17) is 4.52 Å². The molecule has 0 aliphatic rings. The molecule has 0 saturated carbocycles. The summed E-state index contributed by atoms with van der Waals surface area (Å²) in [6.07, 6.45) is 0. The standard InChI is InChI=1S/C21H13Br2N3O2/c22-16-5-1-3-14(11-16)20(27)24-18-9-7-13(8-10-18)19-25-21(28-26-19)15-4-2-6-17(23)12-15/h1-12H,(H,24,27). The van der Waals surface area contributed by atoms with Crippen molar-refractivity contribution in [3.63, 3.8) is 0 Å². The first-order valence-corrected chi connectivity index (χ1v) is 9.94. The number of halogens is 2. The van der Waals surface area contributed by atoms with Gasteiger partial charge in [0, 0.05) is 31.3 Å². The van der Waals surface area contributed by atoms with Gasteiger partial charge in [0.2, 0.25) is 5.82 Å². The lowest BCUT2D eigenvalue weighted by Crippen LogP contribution is -2.11. The quantitative estimate of drug-likeness (QED) is 0.364. The Morgan fingerprint density at radius 3 is 2.29 bits per heavy atom. The third-order valence-corrected chi connectivity index (χ3v) is 4.97. The maximum Gasteiger partial charge on any atom is 0.258 e. The first-order chi connectivity index (χ1) is 13.6. The van der Waals surface area contributed by atoms with Gasteiger partial charge in [0.1, 0.15) is 0 Å². The fourth-order valence-electron chi connectivity index (χ4n) is 2.62. The summed E-state index contributed by atoms with van der Waals surface area (Å²) >= 11 is 6.80. The fraction of sp³-hybridized carbons (Fsp3) is 0. The maximum atomic E-state index is 12.3. The molecule has 0 unspecified atom stereocenters. The second-order valence-electron chi connectivity index (χ2n) is 5.98. The highest BCUT2D eigenvalue weighted by atomic mass is 79.9. The molecule has 0 fully saturated rings. The lowest BCUT2D eigenvalue weighted by molar-refractivity contribution is 0.102. The number of amides is 1. The second-order valence-corrected chi connectivity index (χ2v) is 7.81. The molecule has 4 aromatic rings. The zero-order chi connectivity index (χ0) is 19.5. The van der Waals surface area contributed by atoms with Gasteiger partial charge in [-0.3, -0.25) is 4.79 Å². The van der Waals surface area contributed by atoms with Gasteiger partial charge in [-0.2, -0.15) is 4.98 Å². The van der Waals surface area contributed by atoms with Crippen molar-refractivity contribution in [3.05, 3.63) is 87.3 Å².